The summed E-state index contributed by atoms with van der Waals surface area (Å²) in [5.41, 5.74) is -2.94. The third-order valence-electron chi connectivity index (χ3n) is 9.47. The van der Waals surface area contributed by atoms with Crippen molar-refractivity contribution in [2.24, 2.45) is 5.92 Å². The summed E-state index contributed by atoms with van der Waals surface area (Å²) >= 11 is 19.5. The second kappa shape index (κ2) is 13.7. The Kier molecular flexibility index (Phi) is 9.89. The number of nitrogens with zero attached hydrogens (tertiary/aromatic N) is 1. The van der Waals surface area contributed by atoms with E-state index in [-0.39, 0.29) is 17.5 Å². The molecule has 0 amide bonds. The van der Waals surface area contributed by atoms with Crippen LogP contribution in [0.2, 0.25) is 10.0 Å². The maximum absolute atomic E-state index is 15.1. The first-order valence-corrected chi connectivity index (χ1v) is 17.5. The molecule has 1 saturated carbocycles. The number of aliphatic hydroxyl groups is 1. The summed E-state index contributed by atoms with van der Waals surface area (Å²) in [6, 6.07) is 34.1. The van der Waals surface area contributed by atoms with E-state index in [4.69, 9.17) is 23.2 Å². The monoisotopic (exact) mass is 825 g/mol. The summed E-state index contributed by atoms with van der Waals surface area (Å²) in [6.07, 6.45) is -4.90. The van der Waals surface area contributed by atoms with Gasteiger partial charge in [0.25, 0.3) is 0 Å². The van der Waals surface area contributed by atoms with Gasteiger partial charge in [0.15, 0.2) is 5.78 Å². The van der Waals surface area contributed by atoms with Crippen LogP contribution in [0.1, 0.15) is 56.4 Å². The number of halogens is 7. The summed E-state index contributed by atoms with van der Waals surface area (Å²) in [7, 11) is 0. The van der Waals surface area contributed by atoms with Crippen molar-refractivity contribution in [1.29, 1.82) is 5.26 Å². The molecule has 0 radical (unpaired) electrons. The van der Waals surface area contributed by atoms with Gasteiger partial charge in [-0.15, -0.1) is 0 Å². The lowest BCUT2D eigenvalue weighted by molar-refractivity contribution is -0.137. The normalized spacial score (nSPS) is 23.9. The van der Waals surface area contributed by atoms with Gasteiger partial charge >= 0.3 is 6.18 Å². The Labute approximate surface area is 308 Å². The van der Waals surface area contributed by atoms with Crippen LogP contribution in [0.25, 0.3) is 0 Å². The molecular weight excluding hydrogens is 802 g/mol. The first kappa shape index (κ1) is 35.4. The van der Waals surface area contributed by atoms with Crippen molar-refractivity contribution in [3.8, 4) is 6.07 Å². The maximum Gasteiger partial charge on any atom is 0.416 e. The third-order valence-corrected chi connectivity index (χ3v) is 11.0. The maximum atomic E-state index is 15.1. The van der Waals surface area contributed by atoms with Crippen molar-refractivity contribution in [1.82, 2.24) is 0 Å². The molecule has 5 aromatic carbocycles. The topological polar surface area (TPSA) is 61.1 Å². The van der Waals surface area contributed by atoms with E-state index in [1.807, 2.05) is 0 Å². The molecule has 248 valence electrons. The third kappa shape index (κ3) is 6.60. The highest BCUT2D eigenvalue weighted by Crippen LogP contribution is 2.64. The molecule has 49 heavy (non-hydrogen) atoms. The van der Waals surface area contributed by atoms with E-state index in [1.54, 1.807) is 97.1 Å². The highest BCUT2D eigenvalue weighted by molar-refractivity contribution is 9.10. The zero-order chi connectivity index (χ0) is 35.1. The molecule has 1 N–H and O–H groups in total. The van der Waals surface area contributed by atoms with E-state index in [0.717, 1.165) is 12.1 Å². The molecule has 5 atom stereocenters. The van der Waals surface area contributed by atoms with E-state index in [0.29, 0.717) is 35.7 Å². The lowest BCUT2D eigenvalue weighted by Gasteiger charge is -2.56. The van der Waals surface area contributed by atoms with Crippen LogP contribution in [0.15, 0.2) is 130 Å². The van der Waals surface area contributed by atoms with Crippen molar-refractivity contribution >= 4 is 60.8 Å². The molecule has 0 bridgehead atoms. The van der Waals surface area contributed by atoms with Crippen molar-refractivity contribution in [3.05, 3.63) is 174 Å². The Morgan fingerprint density at radius 1 is 0.776 bits per heavy atom. The van der Waals surface area contributed by atoms with Crippen LogP contribution >= 0.6 is 55.1 Å². The summed E-state index contributed by atoms with van der Waals surface area (Å²) < 4.78 is 44.3. The van der Waals surface area contributed by atoms with Gasteiger partial charge in [-0.3, -0.25) is 4.79 Å². The van der Waals surface area contributed by atoms with E-state index in [2.05, 4.69) is 37.9 Å². The van der Waals surface area contributed by atoms with E-state index in [1.165, 1.54) is 12.1 Å². The van der Waals surface area contributed by atoms with Gasteiger partial charge in [0, 0.05) is 36.4 Å². The molecule has 0 spiro atoms. The first-order chi connectivity index (χ1) is 23.3. The van der Waals surface area contributed by atoms with Crippen molar-refractivity contribution in [3.63, 3.8) is 0 Å². The molecule has 3 nitrogen and oxygen atoms in total. The van der Waals surface area contributed by atoms with Crippen LogP contribution in [0.5, 0.6) is 0 Å². The molecule has 5 aromatic rings. The smallest absolute Gasteiger partial charge is 0.384 e. The molecule has 1 aliphatic rings. The molecule has 1 aliphatic carbocycles. The minimum Gasteiger partial charge on any atom is -0.384 e. The Bertz CT molecular complexity index is 2070. The van der Waals surface area contributed by atoms with Gasteiger partial charge in [-0.25, -0.2) is 0 Å². The van der Waals surface area contributed by atoms with Crippen LogP contribution in [-0.4, -0.2) is 10.9 Å². The Morgan fingerprint density at radius 2 is 1.33 bits per heavy atom. The fourth-order valence-corrected chi connectivity index (χ4v) is 8.44. The van der Waals surface area contributed by atoms with Crippen LogP contribution < -0.4 is 0 Å². The molecule has 1 fully saturated rings. The number of nitriles is 1. The average molecular weight is 828 g/mol. The molecule has 10 heteroatoms. The second-order valence-corrected chi connectivity index (χ2v) is 14.9. The minimum atomic E-state index is -4.71. The van der Waals surface area contributed by atoms with Crippen LogP contribution in [0.3, 0.4) is 0 Å². The largest absolute Gasteiger partial charge is 0.416 e. The van der Waals surface area contributed by atoms with Gasteiger partial charge < -0.3 is 5.11 Å². The predicted octanol–water partition coefficient (Wildman–Crippen LogP) is 11.7. The molecule has 0 heterocycles. The Hall–Kier alpha value is -3.45. The lowest BCUT2D eigenvalue weighted by Crippen LogP contribution is -2.58. The summed E-state index contributed by atoms with van der Waals surface area (Å²) in [5, 5.41) is 25.6. The predicted molar refractivity (Wildman–Crippen MR) is 192 cm³/mol. The molecule has 0 aliphatic heterocycles. The SMILES string of the molecule is N#C[C@]1(c2cccc(C(F)(F)F)c2)[C@H](c2cccc(Br)c2)C[C@@](O)(c2ccc(Cl)cc2)[C@H](C(=O)c2ccc(Cl)cc2)[C@@H]1c1cccc(Br)c1. The van der Waals surface area contributed by atoms with E-state index < -0.39 is 46.3 Å². The number of hydrogen-bond donors (Lipinski definition) is 1. The van der Waals surface area contributed by atoms with Crippen LogP contribution in [0, 0.1) is 17.2 Å². The number of Topliss-reactive ketones (excluding diaryl/α,β-unsaturated/α-hetero) is 1. The van der Waals surface area contributed by atoms with Gasteiger partial charge in [-0.05, 0) is 95.4 Å². The fourth-order valence-electron chi connectivity index (χ4n) is 7.36. The van der Waals surface area contributed by atoms with E-state index >= 15 is 4.79 Å². The van der Waals surface area contributed by atoms with Crippen LogP contribution in [0.4, 0.5) is 13.2 Å². The zero-order valence-electron chi connectivity index (χ0n) is 25.4. The highest BCUT2D eigenvalue weighted by atomic mass is 79.9. The van der Waals surface area contributed by atoms with Gasteiger partial charge in [-0.1, -0.05) is 110 Å². The fraction of sp³-hybridized carbons (Fsp3) is 0.179. The number of ketones is 1. The molecular formula is C39H26Br2Cl2F3NO2. The van der Waals surface area contributed by atoms with Gasteiger partial charge in [0.2, 0.25) is 0 Å². The molecule has 0 aromatic heterocycles. The number of benzene rings is 5. The van der Waals surface area contributed by atoms with Crippen molar-refractivity contribution in [2.45, 2.75) is 35.4 Å². The number of carbonyl (C=O) groups excluding carboxylic acids is 1. The van der Waals surface area contributed by atoms with Gasteiger partial charge in [0.05, 0.1) is 23.0 Å². The van der Waals surface area contributed by atoms with E-state index in [9.17, 15) is 23.5 Å². The molecule has 0 unspecified atom stereocenters. The number of alkyl halides is 3. The zero-order valence-corrected chi connectivity index (χ0v) is 30.1. The Balaban J connectivity index is 1.77. The first-order valence-electron chi connectivity index (χ1n) is 15.2. The highest BCUT2D eigenvalue weighted by Gasteiger charge is 2.64. The summed E-state index contributed by atoms with van der Waals surface area (Å²) in [4.78, 5) is 15.1. The van der Waals surface area contributed by atoms with Gasteiger partial charge in [0.1, 0.15) is 5.60 Å². The van der Waals surface area contributed by atoms with Crippen LogP contribution in [-0.2, 0) is 17.2 Å². The van der Waals surface area contributed by atoms with Crippen molar-refractivity contribution in [2.75, 3.05) is 0 Å². The molecule has 6 rings (SSSR count). The summed E-state index contributed by atoms with van der Waals surface area (Å²) in [6.45, 7) is 0. The minimum absolute atomic E-state index is 0.0758. The number of hydrogen-bond acceptors (Lipinski definition) is 3. The van der Waals surface area contributed by atoms with Crippen molar-refractivity contribution < 1.29 is 23.1 Å². The van der Waals surface area contributed by atoms with Gasteiger partial charge in [-0.2, -0.15) is 18.4 Å². The number of carbonyl (C=O) groups is 1. The quantitative estimate of drug-likeness (QED) is 0.173. The standard InChI is InChI=1S/C39H26Br2Cl2F3NO2/c40-29-8-1-4-24(18-29)33-21-38(49,26-12-16-32(43)17-13-26)35(36(48)23-10-14-31(42)15-11-23)34(25-5-2-9-30(41)19-25)37(33,22-47)27-6-3-7-28(20-27)39(44,45)46/h1-20,33-35,49H,21H2/t33-,34-,35-,37-,38+/m0/s1. The summed E-state index contributed by atoms with van der Waals surface area (Å²) in [5.74, 6) is -3.97. The average Bonchev–Trinajstić information content (AvgIpc) is 3.08. The second-order valence-electron chi connectivity index (χ2n) is 12.2. The lowest BCUT2D eigenvalue weighted by atomic mass is 9.46. The number of rotatable bonds is 6. The molecule has 0 saturated heterocycles. The Morgan fingerprint density at radius 3 is 1.90 bits per heavy atom.